The van der Waals surface area contributed by atoms with Gasteiger partial charge in [0, 0.05) is 16.6 Å². The maximum Gasteiger partial charge on any atom is 0.351 e. The van der Waals surface area contributed by atoms with Gasteiger partial charge in [0.2, 0.25) is 0 Å². The smallest absolute Gasteiger partial charge is 0.351 e. The second-order valence-electron chi connectivity index (χ2n) is 4.58. The summed E-state index contributed by atoms with van der Waals surface area (Å²) in [5.74, 6) is -0.828. The van der Waals surface area contributed by atoms with Crippen molar-refractivity contribution < 1.29 is 14.9 Å². The van der Waals surface area contributed by atoms with Crippen LogP contribution >= 0.6 is 11.6 Å². The van der Waals surface area contributed by atoms with E-state index in [1.54, 1.807) is 0 Å². The second-order valence-corrected chi connectivity index (χ2v) is 4.84. The molecule has 0 bridgehead atoms. The van der Waals surface area contributed by atoms with E-state index in [1.165, 1.54) is 18.3 Å². The Morgan fingerprint density at radius 2 is 2.45 bits per heavy atom. The van der Waals surface area contributed by atoms with Crippen molar-refractivity contribution in [1.29, 1.82) is 0 Å². The topological polar surface area (TPSA) is 159 Å². The van der Waals surface area contributed by atoms with Crippen LogP contribution < -0.4 is 11.4 Å². The molecule has 11 heteroatoms. The summed E-state index contributed by atoms with van der Waals surface area (Å²) in [5, 5.41) is 23.1. The Hall–Kier alpha value is -2.10. The Balaban J connectivity index is 2.54. The lowest BCUT2D eigenvalue weighted by atomic mass is 9.96. The summed E-state index contributed by atoms with van der Waals surface area (Å²) < 4.78 is 6.54. The highest BCUT2D eigenvalue weighted by molar-refractivity contribution is 6.25. The third-order valence-corrected chi connectivity index (χ3v) is 3.49. The van der Waals surface area contributed by atoms with E-state index in [9.17, 15) is 15.0 Å². The van der Waals surface area contributed by atoms with Crippen LogP contribution in [0.4, 0.5) is 5.82 Å². The van der Waals surface area contributed by atoms with Crippen molar-refractivity contribution >= 4 is 17.4 Å². The lowest BCUT2D eigenvalue weighted by molar-refractivity contribution is -0.124. The number of aromatic nitrogens is 2. The van der Waals surface area contributed by atoms with Gasteiger partial charge in [-0.05, 0) is 11.6 Å². The van der Waals surface area contributed by atoms with E-state index in [2.05, 4.69) is 15.0 Å². The summed E-state index contributed by atoms with van der Waals surface area (Å²) in [7, 11) is 0. The van der Waals surface area contributed by atoms with Crippen LogP contribution in [0.2, 0.25) is 0 Å². The SMILES string of the molecule is [N-]=[N+]=N[C@]1(CO)O[C@@H](n2ccc(N)nc2=O)[C@@H](/C=C/Cl)[C@@H]1O. The van der Waals surface area contributed by atoms with Crippen molar-refractivity contribution in [2.75, 3.05) is 12.3 Å². The molecule has 0 aliphatic carbocycles. The fraction of sp³-hybridized carbons (Fsp3) is 0.455. The minimum absolute atomic E-state index is 0.0210. The lowest BCUT2D eigenvalue weighted by Crippen LogP contribution is -2.42. The first kappa shape index (κ1) is 16.3. The van der Waals surface area contributed by atoms with E-state index >= 15 is 0 Å². The molecule has 0 amide bonds. The maximum atomic E-state index is 11.9. The number of anilines is 1. The molecule has 1 aliphatic rings. The molecular formula is C11H13ClN6O4. The molecular weight excluding hydrogens is 316 g/mol. The average molecular weight is 329 g/mol. The Morgan fingerprint density at radius 3 is 3.00 bits per heavy atom. The number of aliphatic hydroxyl groups excluding tert-OH is 2. The molecule has 1 aliphatic heterocycles. The molecule has 0 saturated carbocycles. The van der Waals surface area contributed by atoms with Gasteiger partial charge in [-0.15, -0.1) is 0 Å². The zero-order chi connectivity index (χ0) is 16.3. The highest BCUT2D eigenvalue weighted by Gasteiger charge is 2.54. The van der Waals surface area contributed by atoms with Gasteiger partial charge in [0.15, 0.2) is 5.72 Å². The van der Waals surface area contributed by atoms with Gasteiger partial charge in [-0.1, -0.05) is 22.8 Å². The van der Waals surface area contributed by atoms with E-state index < -0.39 is 36.3 Å². The molecule has 0 spiro atoms. The molecule has 4 atom stereocenters. The Labute approximate surface area is 129 Å². The van der Waals surface area contributed by atoms with Crippen LogP contribution in [0.5, 0.6) is 0 Å². The van der Waals surface area contributed by atoms with Crippen LogP contribution in [0, 0.1) is 5.92 Å². The molecule has 1 saturated heterocycles. The molecule has 0 radical (unpaired) electrons. The number of hydrogen-bond donors (Lipinski definition) is 3. The summed E-state index contributed by atoms with van der Waals surface area (Å²) in [4.78, 5) is 18.1. The van der Waals surface area contributed by atoms with Crippen LogP contribution in [0.3, 0.4) is 0 Å². The minimum atomic E-state index is -1.93. The number of azide groups is 1. The maximum absolute atomic E-state index is 11.9. The van der Waals surface area contributed by atoms with Gasteiger partial charge < -0.3 is 20.7 Å². The second kappa shape index (κ2) is 6.34. The van der Waals surface area contributed by atoms with Gasteiger partial charge in [0.25, 0.3) is 0 Å². The van der Waals surface area contributed by atoms with Crippen molar-refractivity contribution in [3.8, 4) is 0 Å². The third kappa shape index (κ3) is 2.65. The molecule has 2 rings (SSSR count). The van der Waals surface area contributed by atoms with Crippen molar-refractivity contribution in [3.63, 3.8) is 0 Å². The number of rotatable bonds is 4. The van der Waals surface area contributed by atoms with E-state index in [-0.39, 0.29) is 5.82 Å². The zero-order valence-corrected chi connectivity index (χ0v) is 11.9. The molecule has 1 fully saturated rings. The summed E-state index contributed by atoms with van der Waals surface area (Å²) in [6.07, 6.45) is 0.186. The Bertz CT molecular complexity index is 687. The average Bonchev–Trinajstić information content (AvgIpc) is 2.74. The molecule has 2 heterocycles. The third-order valence-electron chi connectivity index (χ3n) is 3.34. The van der Waals surface area contributed by atoms with Gasteiger partial charge in [0.1, 0.15) is 18.1 Å². The number of nitrogens with two attached hydrogens (primary N) is 1. The first-order valence-corrected chi connectivity index (χ1v) is 6.57. The van der Waals surface area contributed by atoms with Crippen LogP contribution in [0.15, 0.2) is 33.8 Å². The van der Waals surface area contributed by atoms with Crippen molar-refractivity contribution in [3.05, 3.63) is 44.8 Å². The summed E-state index contributed by atoms with van der Waals surface area (Å²) in [6, 6.07) is 1.37. The Morgan fingerprint density at radius 1 is 1.73 bits per heavy atom. The number of ether oxygens (including phenoxy) is 1. The molecule has 0 unspecified atom stereocenters. The first-order valence-electron chi connectivity index (χ1n) is 6.13. The molecule has 4 N–H and O–H groups in total. The number of hydrogen-bond acceptors (Lipinski definition) is 7. The standard InChI is InChI=1S/C11H13ClN6O4/c12-3-1-6-8(20)11(5-19,16-17-14)22-9(6)18-4-2-7(13)15-10(18)21/h1-4,6,8-9,19-20H,5H2,(H2,13,15,21)/b3-1+/t6-,8-,9+,11+/m0/s1. The Kier molecular flexibility index (Phi) is 4.69. The van der Waals surface area contributed by atoms with E-state index in [1.807, 2.05) is 0 Å². The van der Waals surface area contributed by atoms with Gasteiger partial charge in [-0.25, -0.2) is 4.79 Å². The summed E-state index contributed by atoms with van der Waals surface area (Å²) in [5.41, 5.74) is 12.5. The fourth-order valence-corrected chi connectivity index (χ4v) is 2.45. The number of aliphatic hydroxyl groups is 2. The molecule has 0 aromatic carbocycles. The monoisotopic (exact) mass is 328 g/mol. The highest BCUT2D eigenvalue weighted by atomic mass is 35.5. The van der Waals surface area contributed by atoms with Crippen molar-refractivity contribution in [1.82, 2.24) is 9.55 Å². The van der Waals surface area contributed by atoms with Crippen molar-refractivity contribution in [2.24, 2.45) is 11.0 Å². The predicted molar refractivity (Wildman–Crippen MR) is 76.5 cm³/mol. The van der Waals surface area contributed by atoms with Crippen molar-refractivity contribution in [2.45, 2.75) is 18.1 Å². The first-order chi connectivity index (χ1) is 10.5. The summed E-state index contributed by atoms with van der Waals surface area (Å²) >= 11 is 5.54. The van der Waals surface area contributed by atoms with Crippen LogP contribution in [-0.4, -0.2) is 38.2 Å². The molecule has 10 nitrogen and oxygen atoms in total. The van der Waals surface area contributed by atoms with Crippen LogP contribution in [0.25, 0.3) is 10.4 Å². The molecule has 1 aromatic heterocycles. The molecule has 22 heavy (non-hydrogen) atoms. The van der Waals surface area contributed by atoms with Gasteiger partial charge in [-0.2, -0.15) is 4.98 Å². The lowest BCUT2D eigenvalue weighted by Gasteiger charge is -2.24. The van der Waals surface area contributed by atoms with E-state index in [4.69, 9.17) is 27.6 Å². The number of nitrogens with zero attached hydrogens (tertiary/aromatic N) is 5. The van der Waals surface area contributed by atoms with Crippen LogP contribution in [-0.2, 0) is 4.74 Å². The number of halogens is 1. The molecule has 118 valence electrons. The normalized spacial score (nSPS) is 31.3. The predicted octanol–water partition coefficient (Wildman–Crippen LogP) is 0.0828. The van der Waals surface area contributed by atoms with Gasteiger partial charge in [-0.3, -0.25) is 4.57 Å². The highest BCUT2D eigenvalue weighted by Crippen LogP contribution is 2.42. The largest absolute Gasteiger partial charge is 0.393 e. The fourth-order valence-electron chi connectivity index (χ4n) is 2.28. The summed E-state index contributed by atoms with van der Waals surface area (Å²) in [6.45, 7) is -0.779. The van der Waals surface area contributed by atoms with Gasteiger partial charge in [0.05, 0.1) is 12.5 Å². The van der Waals surface area contributed by atoms with Crippen LogP contribution in [0.1, 0.15) is 6.23 Å². The molecule has 1 aromatic rings. The quantitative estimate of drug-likeness (QED) is 0.403. The minimum Gasteiger partial charge on any atom is -0.393 e. The van der Waals surface area contributed by atoms with E-state index in [0.29, 0.717) is 0 Å². The number of nitrogen functional groups attached to an aromatic ring is 1. The zero-order valence-electron chi connectivity index (χ0n) is 11.2. The van der Waals surface area contributed by atoms with E-state index in [0.717, 1.165) is 10.1 Å². The van der Waals surface area contributed by atoms with Gasteiger partial charge >= 0.3 is 5.69 Å².